The summed E-state index contributed by atoms with van der Waals surface area (Å²) in [5, 5.41) is 7.72. The van der Waals surface area contributed by atoms with Gasteiger partial charge >= 0.3 is 0 Å². The van der Waals surface area contributed by atoms with Gasteiger partial charge in [-0.2, -0.15) is 0 Å². The van der Waals surface area contributed by atoms with Crippen LogP contribution in [0.1, 0.15) is 51.0 Å². The van der Waals surface area contributed by atoms with Gasteiger partial charge in [-0.3, -0.25) is 4.90 Å². The predicted molar refractivity (Wildman–Crippen MR) is 102 cm³/mol. The average molecular weight is 332 g/mol. The molecule has 2 N–H and O–H groups in total. The first-order chi connectivity index (χ1) is 11.2. The van der Waals surface area contributed by atoms with E-state index < -0.39 is 0 Å². The lowest BCUT2D eigenvalue weighted by Gasteiger charge is -2.49. The Morgan fingerprint density at radius 1 is 1.22 bits per heavy atom. The maximum absolute atomic E-state index is 5.55. The SMILES string of the molecule is CCCN1[C@@H]2CCC[C@@H]1CC(NC(=S)Nc1ccccc1C)C2. The molecule has 0 aliphatic carbocycles. The molecule has 2 fully saturated rings. The standard InChI is InChI=1S/C19H29N3S/c1-3-11-22-16-8-6-9-17(22)13-15(12-16)20-19(23)21-18-10-5-4-7-14(18)2/h4-5,7,10,15-17H,3,6,8-9,11-13H2,1-2H3,(H2,20,21,23)/t16-,17-/m1/s1. The lowest BCUT2D eigenvalue weighted by molar-refractivity contribution is 0.0284. The number of hydrogen-bond donors (Lipinski definition) is 2. The molecule has 1 aromatic carbocycles. The molecule has 2 bridgehead atoms. The smallest absolute Gasteiger partial charge is 0.171 e. The van der Waals surface area contributed by atoms with Crippen molar-refractivity contribution in [3.05, 3.63) is 29.8 Å². The number of benzene rings is 1. The first kappa shape index (κ1) is 16.7. The van der Waals surface area contributed by atoms with Gasteiger partial charge in [0.05, 0.1) is 0 Å². The van der Waals surface area contributed by atoms with Gasteiger partial charge in [0.15, 0.2) is 5.11 Å². The predicted octanol–water partition coefficient (Wildman–Crippen LogP) is 4.08. The maximum atomic E-state index is 5.55. The number of fused-ring (bicyclic) bond motifs is 2. The fourth-order valence-corrected chi connectivity index (χ4v) is 4.55. The number of para-hydroxylation sites is 1. The van der Waals surface area contributed by atoms with Crippen LogP contribution in [-0.4, -0.2) is 34.7 Å². The highest BCUT2D eigenvalue weighted by Crippen LogP contribution is 2.34. The highest BCUT2D eigenvalue weighted by molar-refractivity contribution is 7.80. The normalized spacial score (nSPS) is 27.5. The van der Waals surface area contributed by atoms with Crippen molar-refractivity contribution in [3.8, 4) is 0 Å². The Morgan fingerprint density at radius 2 is 1.91 bits per heavy atom. The Kier molecular flexibility index (Phi) is 5.54. The number of thiocarbonyl (C=S) groups is 1. The molecule has 0 saturated carbocycles. The molecule has 2 aliphatic rings. The molecule has 4 heteroatoms. The fourth-order valence-electron chi connectivity index (χ4n) is 4.28. The quantitative estimate of drug-likeness (QED) is 0.813. The largest absolute Gasteiger partial charge is 0.360 e. The van der Waals surface area contributed by atoms with Gasteiger partial charge in [-0.15, -0.1) is 0 Å². The molecule has 0 spiro atoms. The minimum absolute atomic E-state index is 0.516. The first-order valence-electron chi connectivity index (χ1n) is 9.06. The van der Waals surface area contributed by atoms with E-state index in [1.54, 1.807) is 0 Å². The summed E-state index contributed by atoms with van der Waals surface area (Å²) >= 11 is 5.55. The molecule has 126 valence electrons. The number of aryl methyl sites for hydroxylation is 1. The van der Waals surface area contributed by atoms with E-state index >= 15 is 0 Å². The van der Waals surface area contributed by atoms with E-state index in [1.165, 1.54) is 50.6 Å². The second-order valence-corrected chi connectivity index (χ2v) is 7.47. The zero-order valence-electron chi connectivity index (χ0n) is 14.3. The van der Waals surface area contributed by atoms with Gasteiger partial charge in [-0.1, -0.05) is 31.5 Å². The zero-order valence-corrected chi connectivity index (χ0v) is 15.2. The van der Waals surface area contributed by atoms with Crippen LogP contribution in [0.2, 0.25) is 0 Å². The summed E-state index contributed by atoms with van der Waals surface area (Å²) in [4.78, 5) is 2.76. The molecule has 1 aromatic rings. The molecular weight excluding hydrogens is 302 g/mol. The van der Waals surface area contributed by atoms with E-state index in [9.17, 15) is 0 Å². The van der Waals surface area contributed by atoms with Crippen LogP contribution in [0.25, 0.3) is 0 Å². The second-order valence-electron chi connectivity index (χ2n) is 7.06. The van der Waals surface area contributed by atoms with Gasteiger partial charge in [0.2, 0.25) is 0 Å². The summed E-state index contributed by atoms with van der Waals surface area (Å²) < 4.78 is 0. The molecule has 2 heterocycles. The van der Waals surface area contributed by atoms with Crippen molar-refractivity contribution in [2.75, 3.05) is 11.9 Å². The first-order valence-corrected chi connectivity index (χ1v) is 9.47. The topological polar surface area (TPSA) is 27.3 Å². The Morgan fingerprint density at radius 3 is 2.57 bits per heavy atom. The van der Waals surface area contributed by atoms with E-state index in [0.29, 0.717) is 6.04 Å². The highest BCUT2D eigenvalue weighted by Gasteiger charge is 2.37. The number of anilines is 1. The number of nitrogens with zero attached hydrogens (tertiary/aromatic N) is 1. The van der Waals surface area contributed by atoms with E-state index in [-0.39, 0.29) is 0 Å². The molecule has 0 aromatic heterocycles. The zero-order chi connectivity index (χ0) is 16.2. The highest BCUT2D eigenvalue weighted by atomic mass is 32.1. The summed E-state index contributed by atoms with van der Waals surface area (Å²) in [5.74, 6) is 0. The van der Waals surface area contributed by atoms with Gasteiger partial charge < -0.3 is 10.6 Å². The third-order valence-electron chi connectivity index (χ3n) is 5.34. The van der Waals surface area contributed by atoms with Gasteiger partial charge in [-0.25, -0.2) is 0 Å². The molecule has 3 nitrogen and oxygen atoms in total. The van der Waals surface area contributed by atoms with E-state index in [2.05, 4.69) is 47.6 Å². The summed E-state index contributed by atoms with van der Waals surface area (Å²) in [7, 11) is 0. The molecule has 0 amide bonds. The summed E-state index contributed by atoms with van der Waals surface area (Å²) in [6.45, 7) is 5.66. The van der Waals surface area contributed by atoms with Crippen molar-refractivity contribution in [1.82, 2.24) is 10.2 Å². The minimum atomic E-state index is 0.516. The molecule has 3 rings (SSSR count). The number of rotatable bonds is 4. The second kappa shape index (κ2) is 7.63. The van der Waals surface area contributed by atoms with Crippen LogP contribution in [0.3, 0.4) is 0 Å². The molecular formula is C19H29N3S. The van der Waals surface area contributed by atoms with Crippen molar-refractivity contribution >= 4 is 23.0 Å². The molecule has 23 heavy (non-hydrogen) atoms. The maximum Gasteiger partial charge on any atom is 0.171 e. The van der Waals surface area contributed by atoms with Crippen LogP contribution in [0.15, 0.2) is 24.3 Å². The van der Waals surface area contributed by atoms with Gasteiger partial charge in [-0.05, 0) is 69.4 Å². The molecule has 2 aliphatic heterocycles. The molecule has 2 atom stereocenters. The summed E-state index contributed by atoms with van der Waals surface area (Å²) in [6, 6.07) is 10.3. The van der Waals surface area contributed by atoms with Crippen molar-refractivity contribution < 1.29 is 0 Å². The van der Waals surface area contributed by atoms with E-state index in [1.807, 2.05) is 6.07 Å². The molecule has 0 unspecified atom stereocenters. The Bertz CT molecular complexity index is 531. The number of hydrogen-bond acceptors (Lipinski definition) is 2. The van der Waals surface area contributed by atoms with Crippen molar-refractivity contribution in [1.29, 1.82) is 0 Å². The van der Waals surface area contributed by atoms with E-state index in [0.717, 1.165) is 22.9 Å². The van der Waals surface area contributed by atoms with Crippen molar-refractivity contribution in [3.63, 3.8) is 0 Å². The van der Waals surface area contributed by atoms with Crippen molar-refractivity contribution in [2.24, 2.45) is 0 Å². The fraction of sp³-hybridized carbons (Fsp3) is 0.632. The number of piperidine rings is 2. The molecule has 0 radical (unpaired) electrons. The lowest BCUT2D eigenvalue weighted by Crippen LogP contribution is -2.57. The van der Waals surface area contributed by atoms with Crippen LogP contribution < -0.4 is 10.6 Å². The lowest BCUT2D eigenvalue weighted by atomic mass is 9.81. The van der Waals surface area contributed by atoms with Crippen molar-refractivity contribution in [2.45, 2.75) is 70.5 Å². The average Bonchev–Trinajstić information content (AvgIpc) is 2.50. The Balaban J connectivity index is 1.57. The monoisotopic (exact) mass is 331 g/mol. The van der Waals surface area contributed by atoms with Crippen LogP contribution in [0, 0.1) is 6.92 Å². The van der Waals surface area contributed by atoms with E-state index in [4.69, 9.17) is 12.2 Å². The van der Waals surface area contributed by atoms with Crippen LogP contribution in [-0.2, 0) is 0 Å². The van der Waals surface area contributed by atoms with Crippen LogP contribution >= 0.6 is 12.2 Å². The van der Waals surface area contributed by atoms with Gasteiger partial charge in [0, 0.05) is 23.8 Å². The Hall–Kier alpha value is -1.13. The minimum Gasteiger partial charge on any atom is -0.360 e. The Labute approximate surface area is 145 Å². The van der Waals surface area contributed by atoms with Crippen LogP contribution in [0.4, 0.5) is 5.69 Å². The van der Waals surface area contributed by atoms with Crippen LogP contribution in [0.5, 0.6) is 0 Å². The van der Waals surface area contributed by atoms with Gasteiger partial charge in [0.25, 0.3) is 0 Å². The van der Waals surface area contributed by atoms with Gasteiger partial charge in [0.1, 0.15) is 0 Å². The number of nitrogens with one attached hydrogen (secondary N) is 2. The molecule has 2 saturated heterocycles. The summed E-state index contributed by atoms with van der Waals surface area (Å²) in [6.07, 6.45) is 7.82. The third kappa shape index (κ3) is 4.04. The third-order valence-corrected chi connectivity index (χ3v) is 5.56. The summed E-state index contributed by atoms with van der Waals surface area (Å²) in [5.41, 5.74) is 2.33.